The SMILES string of the molecule is COCCNc1cc(NC(=O)N2CCCc3cc(CN4CCOCC4=O)c(C=O)nc32)ncc1SC#N. The Morgan fingerprint density at radius 2 is 2.24 bits per heavy atom. The minimum atomic E-state index is -0.433. The summed E-state index contributed by atoms with van der Waals surface area (Å²) < 4.78 is 10.2. The third-order valence-corrected chi connectivity index (χ3v) is 6.59. The van der Waals surface area contributed by atoms with E-state index in [2.05, 4.69) is 20.6 Å². The molecular weight excluding hydrogens is 498 g/mol. The van der Waals surface area contributed by atoms with E-state index in [0.29, 0.717) is 79.8 Å². The molecule has 3 amide bonds. The zero-order chi connectivity index (χ0) is 26.2. The van der Waals surface area contributed by atoms with Crippen molar-refractivity contribution in [2.45, 2.75) is 24.3 Å². The van der Waals surface area contributed by atoms with E-state index >= 15 is 0 Å². The van der Waals surface area contributed by atoms with Gasteiger partial charge in [0.1, 0.15) is 29.3 Å². The number of ether oxygens (including phenoxy) is 2. The lowest BCUT2D eigenvalue weighted by atomic mass is 10.0. The highest BCUT2D eigenvalue weighted by Crippen LogP contribution is 2.30. The van der Waals surface area contributed by atoms with Gasteiger partial charge in [0, 0.05) is 51.1 Å². The van der Waals surface area contributed by atoms with E-state index in [1.54, 1.807) is 18.1 Å². The number of hydrogen-bond donors (Lipinski definition) is 2. The average molecular weight is 526 g/mol. The van der Waals surface area contributed by atoms with Gasteiger partial charge in [-0.1, -0.05) is 0 Å². The lowest BCUT2D eigenvalue weighted by Gasteiger charge is -2.30. The van der Waals surface area contributed by atoms with E-state index in [4.69, 9.17) is 14.7 Å². The second-order valence-corrected chi connectivity index (χ2v) is 9.19. The molecule has 0 bridgehead atoms. The molecule has 194 valence electrons. The Balaban J connectivity index is 1.54. The van der Waals surface area contributed by atoms with E-state index in [1.807, 2.05) is 11.5 Å². The number of anilines is 3. The Morgan fingerprint density at radius 3 is 3.00 bits per heavy atom. The molecule has 12 nitrogen and oxygen atoms in total. The van der Waals surface area contributed by atoms with Gasteiger partial charge < -0.3 is 19.7 Å². The van der Waals surface area contributed by atoms with E-state index in [9.17, 15) is 14.4 Å². The van der Waals surface area contributed by atoms with Crippen LogP contribution in [0, 0.1) is 10.7 Å². The van der Waals surface area contributed by atoms with Crippen LogP contribution in [-0.2, 0) is 27.2 Å². The first-order valence-electron chi connectivity index (χ1n) is 11.7. The summed E-state index contributed by atoms with van der Waals surface area (Å²) in [5.74, 6) is 0.583. The molecular formula is C24H27N7O5S. The number of methoxy groups -OCH3 is 1. The third kappa shape index (κ3) is 6.34. The molecule has 0 aliphatic carbocycles. The maximum absolute atomic E-state index is 13.2. The smallest absolute Gasteiger partial charge is 0.328 e. The van der Waals surface area contributed by atoms with E-state index < -0.39 is 6.03 Å². The van der Waals surface area contributed by atoms with Crippen molar-refractivity contribution in [1.29, 1.82) is 5.26 Å². The van der Waals surface area contributed by atoms with Crippen LogP contribution in [-0.4, -0.2) is 79.7 Å². The minimum Gasteiger partial charge on any atom is -0.383 e. The van der Waals surface area contributed by atoms with Crippen LogP contribution < -0.4 is 15.5 Å². The molecule has 0 radical (unpaired) electrons. The maximum Gasteiger partial charge on any atom is 0.328 e. The molecule has 2 aliphatic rings. The van der Waals surface area contributed by atoms with Crippen molar-refractivity contribution in [1.82, 2.24) is 14.9 Å². The zero-order valence-corrected chi connectivity index (χ0v) is 21.2. The molecule has 4 rings (SSSR count). The van der Waals surface area contributed by atoms with Gasteiger partial charge in [-0.05, 0) is 36.2 Å². The summed E-state index contributed by atoms with van der Waals surface area (Å²) in [4.78, 5) is 49.8. The number of aryl methyl sites for hydroxylation is 1. The Labute approximate surface area is 218 Å². The predicted molar refractivity (Wildman–Crippen MR) is 137 cm³/mol. The molecule has 0 saturated carbocycles. The highest BCUT2D eigenvalue weighted by Gasteiger charge is 2.27. The molecule has 1 fully saturated rings. The number of amides is 3. The average Bonchev–Trinajstić information content (AvgIpc) is 2.90. The highest BCUT2D eigenvalue weighted by atomic mass is 32.2. The largest absolute Gasteiger partial charge is 0.383 e. The number of urea groups is 1. The van der Waals surface area contributed by atoms with Crippen LogP contribution in [0.15, 0.2) is 23.2 Å². The number of pyridine rings is 2. The third-order valence-electron chi connectivity index (χ3n) is 5.96. The minimum absolute atomic E-state index is 0.0244. The quantitative estimate of drug-likeness (QED) is 0.216. The molecule has 0 atom stereocenters. The number of thioether (sulfide) groups is 1. The van der Waals surface area contributed by atoms with Gasteiger partial charge in [-0.2, -0.15) is 5.26 Å². The Morgan fingerprint density at radius 1 is 1.38 bits per heavy atom. The molecule has 0 spiro atoms. The van der Waals surface area contributed by atoms with Crippen molar-refractivity contribution in [3.05, 3.63) is 35.2 Å². The monoisotopic (exact) mass is 525 g/mol. The summed E-state index contributed by atoms with van der Waals surface area (Å²) in [6.07, 6.45) is 3.58. The van der Waals surface area contributed by atoms with Crippen molar-refractivity contribution in [3.63, 3.8) is 0 Å². The maximum atomic E-state index is 13.2. The van der Waals surface area contributed by atoms with Gasteiger partial charge in [0.05, 0.1) is 23.8 Å². The van der Waals surface area contributed by atoms with E-state index in [0.717, 1.165) is 17.3 Å². The fraction of sp³-hybridized carbons (Fsp3) is 0.417. The number of carbonyl (C=O) groups is 3. The summed E-state index contributed by atoms with van der Waals surface area (Å²) in [6, 6.07) is 3.08. The number of morpholine rings is 1. The van der Waals surface area contributed by atoms with Crippen molar-refractivity contribution in [3.8, 4) is 5.40 Å². The summed E-state index contributed by atoms with van der Waals surface area (Å²) in [7, 11) is 1.59. The molecule has 37 heavy (non-hydrogen) atoms. The Kier molecular flexibility index (Phi) is 8.89. The van der Waals surface area contributed by atoms with Crippen molar-refractivity contribution < 1.29 is 23.9 Å². The van der Waals surface area contributed by atoms with E-state index in [-0.39, 0.29) is 24.8 Å². The van der Waals surface area contributed by atoms with Crippen LogP contribution in [0.3, 0.4) is 0 Å². The second-order valence-electron chi connectivity index (χ2n) is 8.37. The number of aldehydes is 1. The fourth-order valence-corrected chi connectivity index (χ4v) is 4.60. The number of carbonyl (C=O) groups excluding carboxylic acids is 3. The number of thiocyanates is 1. The van der Waals surface area contributed by atoms with Crippen LogP contribution in [0.1, 0.15) is 28.0 Å². The second kappa shape index (κ2) is 12.5. The molecule has 2 aromatic heterocycles. The van der Waals surface area contributed by atoms with E-state index in [1.165, 1.54) is 11.1 Å². The first-order valence-corrected chi connectivity index (χ1v) is 12.6. The lowest BCUT2D eigenvalue weighted by Crippen LogP contribution is -2.42. The molecule has 4 heterocycles. The van der Waals surface area contributed by atoms with Gasteiger partial charge in [-0.3, -0.25) is 19.8 Å². The molecule has 0 unspecified atom stereocenters. The number of nitriles is 1. The van der Waals surface area contributed by atoms with Crippen LogP contribution in [0.25, 0.3) is 0 Å². The normalized spacial score (nSPS) is 15.1. The van der Waals surface area contributed by atoms with Crippen molar-refractivity contribution in [2.75, 3.05) is 62.1 Å². The van der Waals surface area contributed by atoms with Gasteiger partial charge >= 0.3 is 6.03 Å². The number of nitrogens with one attached hydrogen (secondary N) is 2. The predicted octanol–water partition coefficient (Wildman–Crippen LogP) is 2.26. The van der Waals surface area contributed by atoms with Gasteiger partial charge in [0.25, 0.3) is 0 Å². The summed E-state index contributed by atoms with van der Waals surface area (Å²) in [6.45, 7) is 2.59. The van der Waals surface area contributed by atoms with Gasteiger partial charge in [-0.25, -0.2) is 14.8 Å². The van der Waals surface area contributed by atoms with Gasteiger partial charge in [0.2, 0.25) is 5.91 Å². The lowest BCUT2D eigenvalue weighted by molar-refractivity contribution is -0.143. The van der Waals surface area contributed by atoms with Gasteiger partial charge in [-0.15, -0.1) is 0 Å². The topological polar surface area (TPSA) is 150 Å². The highest BCUT2D eigenvalue weighted by molar-refractivity contribution is 8.03. The van der Waals surface area contributed by atoms with Crippen LogP contribution in [0.2, 0.25) is 0 Å². The number of rotatable bonds is 9. The zero-order valence-electron chi connectivity index (χ0n) is 20.4. The van der Waals surface area contributed by atoms with Crippen LogP contribution in [0.4, 0.5) is 22.1 Å². The van der Waals surface area contributed by atoms with Crippen molar-refractivity contribution in [2.24, 2.45) is 0 Å². The standard InChI is InChI=1S/C24H27N7O5S/c1-35-7-4-26-18-10-21(27-11-20(18)37-15-25)29-24(34)31-5-2-3-16-9-17(19(13-32)28-23(16)31)12-30-6-8-36-14-22(30)33/h9-11,13H,2-8,12,14H2,1H3,(H2,26,27,29,34). The Bertz CT molecular complexity index is 1220. The number of fused-ring (bicyclic) bond motifs is 1. The number of nitrogens with zero attached hydrogens (tertiary/aromatic N) is 5. The summed E-state index contributed by atoms with van der Waals surface area (Å²) >= 11 is 0.966. The van der Waals surface area contributed by atoms with Crippen molar-refractivity contribution >= 4 is 47.3 Å². The number of hydrogen-bond acceptors (Lipinski definition) is 10. The molecule has 0 aromatic carbocycles. The first-order chi connectivity index (χ1) is 18.0. The molecule has 2 N–H and O–H groups in total. The van der Waals surface area contributed by atoms with Crippen LogP contribution in [0.5, 0.6) is 0 Å². The molecule has 1 saturated heterocycles. The molecule has 2 aromatic rings. The molecule has 13 heteroatoms. The summed E-state index contributed by atoms with van der Waals surface area (Å²) in [5, 5.41) is 17.1. The first kappa shape index (κ1) is 26.3. The number of aromatic nitrogens is 2. The van der Waals surface area contributed by atoms with Gasteiger partial charge in [0.15, 0.2) is 6.29 Å². The molecule has 2 aliphatic heterocycles. The van der Waals surface area contributed by atoms with Crippen LogP contribution >= 0.6 is 11.8 Å². The fourth-order valence-electron chi connectivity index (χ4n) is 4.15. The summed E-state index contributed by atoms with van der Waals surface area (Å²) in [5.41, 5.74) is 2.32. The Hall–Kier alpha value is -3.73.